The zero-order chi connectivity index (χ0) is 19.1. The maximum atomic E-state index is 5.84. The summed E-state index contributed by atoms with van der Waals surface area (Å²) in [5.41, 5.74) is 3.50. The number of benzene rings is 1. The first kappa shape index (κ1) is 19.5. The predicted molar refractivity (Wildman–Crippen MR) is 110 cm³/mol. The largest absolute Gasteiger partial charge is 0.493 e. The third kappa shape index (κ3) is 5.60. The molecule has 1 aliphatic heterocycles. The zero-order valence-corrected chi connectivity index (χ0v) is 16.7. The van der Waals surface area contributed by atoms with Gasteiger partial charge in [0.2, 0.25) is 0 Å². The summed E-state index contributed by atoms with van der Waals surface area (Å²) in [6.45, 7) is 8.00. The molecule has 0 atom stereocenters. The lowest BCUT2D eigenvalue weighted by atomic mass is 10.0. The number of rotatable bonds is 8. The van der Waals surface area contributed by atoms with Gasteiger partial charge in [-0.3, -0.25) is 9.88 Å². The number of likely N-dealkylation sites (tertiary alicyclic amines) is 1. The van der Waals surface area contributed by atoms with Crippen LogP contribution in [-0.4, -0.2) is 42.7 Å². The van der Waals surface area contributed by atoms with Gasteiger partial charge in [0.05, 0.1) is 13.7 Å². The SMILES string of the molecule is CCCOc1cc(CN2CCC(Nc3ccnc(C)c3)CC2)ccc1OC. The Morgan fingerprint density at radius 1 is 1.15 bits per heavy atom. The molecule has 0 unspecified atom stereocenters. The van der Waals surface area contributed by atoms with Gasteiger partial charge < -0.3 is 14.8 Å². The predicted octanol–water partition coefficient (Wildman–Crippen LogP) is 4.26. The van der Waals surface area contributed by atoms with Crippen molar-refractivity contribution in [1.29, 1.82) is 0 Å². The van der Waals surface area contributed by atoms with Gasteiger partial charge in [-0.25, -0.2) is 0 Å². The summed E-state index contributed by atoms with van der Waals surface area (Å²) >= 11 is 0. The van der Waals surface area contributed by atoms with E-state index >= 15 is 0 Å². The fourth-order valence-electron chi connectivity index (χ4n) is 3.51. The molecule has 5 heteroatoms. The molecule has 0 saturated carbocycles. The quantitative estimate of drug-likeness (QED) is 0.753. The lowest BCUT2D eigenvalue weighted by Gasteiger charge is -2.33. The number of aryl methyl sites for hydroxylation is 1. The molecule has 1 aromatic carbocycles. The van der Waals surface area contributed by atoms with Crippen molar-refractivity contribution < 1.29 is 9.47 Å². The molecule has 0 amide bonds. The highest BCUT2D eigenvalue weighted by Crippen LogP contribution is 2.29. The van der Waals surface area contributed by atoms with E-state index in [-0.39, 0.29) is 0 Å². The van der Waals surface area contributed by atoms with Gasteiger partial charge >= 0.3 is 0 Å². The van der Waals surface area contributed by atoms with Gasteiger partial charge in [-0.15, -0.1) is 0 Å². The van der Waals surface area contributed by atoms with Crippen LogP contribution in [0.25, 0.3) is 0 Å². The Hall–Kier alpha value is -2.27. The standard InChI is InChI=1S/C22H31N3O2/c1-4-13-27-22-15-18(5-6-21(22)26-3)16-25-11-8-19(9-12-25)24-20-7-10-23-17(2)14-20/h5-7,10,14-15,19H,4,8-9,11-13,16H2,1-3H3,(H,23,24). The molecule has 1 aliphatic rings. The third-order valence-electron chi connectivity index (χ3n) is 4.95. The molecule has 1 fully saturated rings. The maximum absolute atomic E-state index is 5.84. The minimum atomic E-state index is 0.530. The molecule has 1 N–H and O–H groups in total. The van der Waals surface area contributed by atoms with Crippen LogP contribution in [-0.2, 0) is 6.54 Å². The summed E-state index contributed by atoms with van der Waals surface area (Å²) in [6.07, 6.45) is 5.16. The minimum absolute atomic E-state index is 0.530. The van der Waals surface area contributed by atoms with Crippen LogP contribution in [0.2, 0.25) is 0 Å². The summed E-state index contributed by atoms with van der Waals surface area (Å²) in [5, 5.41) is 3.65. The molecule has 2 heterocycles. The molecule has 146 valence electrons. The Bertz CT molecular complexity index is 727. The van der Waals surface area contributed by atoms with Crippen molar-refractivity contribution in [3.05, 3.63) is 47.8 Å². The van der Waals surface area contributed by atoms with Crippen LogP contribution in [0, 0.1) is 6.92 Å². The van der Waals surface area contributed by atoms with E-state index in [0.717, 1.165) is 56.1 Å². The second-order valence-electron chi connectivity index (χ2n) is 7.21. The number of nitrogens with one attached hydrogen (secondary N) is 1. The molecule has 2 aromatic rings. The highest BCUT2D eigenvalue weighted by molar-refractivity contribution is 5.44. The first-order valence-corrected chi connectivity index (χ1v) is 9.89. The molecule has 3 rings (SSSR count). The Morgan fingerprint density at radius 3 is 2.67 bits per heavy atom. The van der Waals surface area contributed by atoms with Crippen LogP contribution >= 0.6 is 0 Å². The number of anilines is 1. The van der Waals surface area contributed by atoms with E-state index in [9.17, 15) is 0 Å². The number of nitrogens with zero attached hydrogens (tertiary/aromatic N) is 2. The molecule has 0 spiro atoms. The van der Waals surface area contributed by atoms with Crippen LogP contribution in [0.3, 0.4) is 0 Å². The minimum Gasteiger partial charge on any atom is -0.493 e. The Labute approximate surface area is 162 Å². The van der Waals surface area contributed by atoms with Crippen molar-refractivity contribution >= 4 is 5.69 Å². The van der Waals surface area contributed by atoms with Gasteiger partial charge in [0.15, 0.2) is 11.5 Å². The summed E-state index contributed by atoms with van der Waals surface area (Å²) in [7, 11) is 1.69. The van der Waals surface area contributed by atoms with Crippen LogP contribution in [0.4, 0.5) is 5.69 Å². The average Bonchev–Trinajstić information content (AvgIpc) is 2.68. The number of hydrogen-bond donors (Lipinski definition) is 1. The number of aromatic nitrogens is 1. The Kier molecular flexibility index (Phi) is 6.93. The van der Waals surface area contributed by atoms with Crippen molar-refractivity contribution in [2.45, 2.75) is 45.7 Å². The number of ether oxygens (including phenoxy) is 2. The summed E-state index contributed by atoms with van der Waals surface area (Å²) in [6, 6.07) is 11.0. The smallest absolute Gasteiger partial charge is 0.161 e. The first-order chi connectivity index (χ1) is 13.2. The van der Waals surface area contributed by atoms with E-state index in [1.807, 2.05) is 19.2 Å². The van der Waals surface area contributed by atoms with Crippen LogP contribution < -0.4 is 14.8 Å². The third-order valence-corrected chi connectivity index (χ3v) is 4.95. The second-order valence-corrected chi connectivity index (χ2v) is 7.21. The number of methoxy groups -OCH3 is 1. The van der Waals surface area contributed by atoms with E-state index in [2.05, 4.69) is 46.4 Å². The van der Waals surface area contributed by atoms with Crippen molar-refractivity contribution in [3.8, 4) is 11.5 Å². The summed E-state index contributed by atoms with van der Waals surface area (Å²) in [5.74, 6) is 1.66. The number of pyridine rings is 1. The first-order valence-electron chi connectivity index (χ1n) is 9.89. The topological polar surface area (TPSA) is 46.6 Å². The van der Waals surface area contributed by atoms with Gasteiger partial charge in [0.25, 0.3) is 0 Å². The fourth-order valence-corrected chi connectivity index (χ4v) is 3.51. The van der Waals surface area contributed by atoms with Crippen molar-refractivity contribution in [2.75, 3.05) is 32.1 Å². The van der Waals surface area contributed by atoms with E-state index in [4.69, 9.17) is 9.47 Å². The number of piperidine rings is 1. The molecule has 0 radical (unpaired) electrons. The van der Waals surface area contributed by atoms with Gasteiger partial charge in [-0.05, 0) is 56.0 Å². The van der Waals surface area contributed by atoms with Crippen LogP contribution in [0.15, 0.2) is 36.5 Å². The normalized spacial score (nSPS) is 15.5. The lowest BCUT2D eigenvalue weighted by molar-refractivity contribution is 0.210. The highest BCUT2D eigenvalue weighted by atomic mass is 16.5. The molecule has 1 saturated heterocycles. The molecule has 5 nitrogen and oxygen atoms in total. The van der Waals surface area contributed by atoms with Crippen LogP contribution in [0.1, 0.15) is 37.4 Å². The maximum Gasteiger partial charge on any atom is 0.161 e. The summed E-state index contributed by atoms with van der Waals surface area (Å²) in [4.78, 5) is 6.78. The van der Waals surface area contributed by atoms with Crippen LogP contribution in [0.5, 0.6) is 11.5 Å². The van der Waals surface area contributed by atoms with Crippen molar-refractivity contribution in [2.24, 2.45) is 0 Å². The molecular weight excluding hydrogens is 338 g/mol. The van der Waals surface area contributed by atoms with E-state index < -0.39 is 0 Å². The summed E-state index contributed by atoms with van der Waals surface area (Å²) < 4.78 is 11.3. The number of hydrogen-bond acceptors (Lipinski definition) is 5. The average molecular weight is 370 g/mol. The van der Waals surface area contributed by atoms with Crippen molar-refractivity contribution in [1.82, 2.24) is 9.88 Å². The molecule has 0 aliphatic carbocycles. The van der Waals surface area contributed by atoms with Gasteiger partial charge in [0.1, 0.15) is 0 Å². The van der Waals surface area contributed by atoms with E-state index in [0.29, 0.717) is 12.6 Å². The fraction of sp³-hybridized carbons (Fsp3) is 0.500. The van der Waals surface area contributed by atoms with Gasteiger partial charge in [-0.2, -0.15) is 0 Å². The lowest BCUT2D eigenvalue weighted by Crippen LogP contribution is -2.38. The van der Waals surface area contributed by atoms with Gasteiger partial charge in [-0.1, -0.05) is 13.0 Å². The van der Waals surface area contributed by atoms with E-state index in [1.165, 1.54) is 11.3 Å². The molecule has 1 aromatic heterocycles. The molecular formula is C22H31N3O2. The zero-order valence-electron chi connectivity index (χ0n) is 16.7. The highest BCUT2D eigenvalue weighted by Gasteiger charge is 2.19. The van der Waals surface area contributed by atoms with Crippen molar-refractivity contribution in [3.63, 3.8) is 0 Å². The van der Waals surface area contributed by atoms with Gasteiger partial charge in [0, 0.05) is 43.3 Å². The molecule has 0 bridgehead atoms. The molecule has 27 heavy (non-hydrogen) atoms. The second kappa shape index (κ2) is 9.60. The Balaban J connectivity index is 1.52. The Morgan fingerprint density at radius 2 is 1.96 bits per heavy atom. The van der Waals surface area contributed by atoms with E-state index in [1.54, 1.807) is 7.11 Å². The monoisotopic (exact) mass is 369 g/mol.